The van der Waals surface area contributed by atoms with E-state index in [1.165, 1.54) is 0 Å². The number of cyclic esters (lactones) is 4. The fourth-order valence-electron chi connectivity index (χ4n) is 4.62. The van der Waals surface area contributed by atoms with Crippen LogP contribution in [-0.4, -0.2) is 23.9 Å². The Bertz CT molecular complexity index is 1000. The summed E-state index contributed by atoms with van der Waals surface area (Å²) in [6.07, 6.45) is 0. The van der Waals surface area contributed by atoms with Crippen LogP contribution in [0.2, 0.25) is 0 Å². The molecule has 0 atom stereocenters. The third-order valence-electron chi connectivity index (χ3n) is 6.26. The summed E-state index contributed by atoms with van der Waals surface area (Å²) in [5.74, 6) is -2.59. The second kappa shape index (κ2) is 4.76. The summed E-state index contributed by atoms with van der Waals surface area (Å²) in [7, 11) is 0. The topological polar surface area (TPSA) is 86.7 Å². The van der Waals surface area contributed by atoms with E-state index in [0.717, 1.165) is 22.3 Å². The van der Waals surface area contributed by atoms with E-state index in [4.69, 9.17) is 9.47 Å². The average Bonchev–Trinajstić information content (AvgIpc) is 3.07. The molecule has 0 saturated carbocycles. The van der Waals surface area contributed by atoms with Gasteiger partial charge >= 0.3 is 23.9 Å². The maximum atomic E-state index is 12.1. The second-order valence-electron chi connectivity index (χ2n) is 8.49. The quantitative estimate of drug-likeness (QED) is 0.518. The lowest BCUT2D eigenvalue weighted by Crippen LogP contribution is -2.37. The first-order chi connectivity index (χ1) is 13.0. The zero-order valence-electron chi connectivity index (χ0n) is 15.8. The number of fused-ring (bicyclic) bond motifs is 4. The third-order valence-corrected chi connectivity index (χ3v) is 6.26. The van der Waals surface area contributed by atoms with Crippen LogP contribution in [0, 0.1) is 0 Å². The van der Waals surface area contributed by atoms with Gasteiger partial charge in [0.15, 0.2) is 0 Å². The third kappa shape index (κ3) is 1.82. The van der Waals surface area contributed by atoms with E-state index in [1.807, 2.05) is 27.7 Å². The van der Waals surface area contributed by atoms with Crippen molar-refractivity contribution < 1.29 is 28.7 Å². The van der Waals surface area contributed by atoms with Crippen molar-refractivity contribution in [3.05, 3.63) is 68.8 Å². The van der Waals surface area contributed by atoms with Crippen LogP contribution in [0.5, 0.6) is 0 Å². The van der Waals surface area contributed by atoms with Crippen LogP contribution in [0.3, 0.4) is 0 Å². The lowest BCUT2D eigenvalue weighted by Gasteiger charge is -2.44. The first-order valence-electron chi connectivity index (χ1n) is 8.94. The van der Waals surface area contributed by atoms with Gasteiger partial charge in [0.1, 0.15) is 0 Å². The van der Waals surface area contributed by atoms with Gasteiger partial charge in [-0.15, -0.1) is 0 Å². The fraction of sp³-hybridized carbons (Fsp3) is 0.273. The molecule has 6 nitrogen and oxygen atoms in total. The number of benzene rings is 2. The Morgan fingerprint density at radius 2 is 0.714 bits per heavy atom. The largest absolute Gasteiger partial charge is 0.386 e. The smallest absolute Gasteiger partial charge is 0.346 e. The molecule has 5 rings (SSSR count). The van der Waals surface area contributed by atoms with E-state index in [-0.39, 0.29) is 22.3 Å². The van der Waals surface area contributed by atoms with Gasteiger partial charge in [0.2, 0.25) is 0 Å². The van der Waals surface area contributed by atoms with Gasteiger partial charge in [0.25, 0.3) is 0 Å². The van der Waals surface area contributed by atoms with Crippen LogP contribution in [0.1, 0.15) is 91.4 Å². The van der Waals surface area contributed by atoms with Gasteiger partial charge in [-0.1, -0.05) is 27.7 Å². The van der Waals surface area contributed by atoms with Crippen LogP contribution in [0.25, 0.3) is 0 Å². The highest BCUT2D eigenvalue weighted by molar-refractivity contribution is 6.16. The van der Waals surface area contributed by atoms with Gasteiger partial charge in [-0.05, 0) is 46.5 Å². The summed E-state index contributed by atoms with van der Waals surface area (Å²) in [6, 6.07) is 6.89. The minimum absolute atomic E-state index is 0.256. The average molecular weight is 376 g/mol. The van der Waals surface area contributed by atoms with Crippen molar-refractivity contribution in [2.75, 3.05) is 0 Å². The number of hydrogen-bond donors (Lipinski definition) is 0. The molecule has 6 heteroatoms. The van der Waals surface area contributed by atoms with E-state index in [9.17, 15) is 19.2 Å². The number of carbonyl (C=O) groups is 4. The van der Waals surface area contributed by atoms with E-state index < -0.39 is 34.7 Å². The molecular weight excluding hydrogens is 360 g/mol. The summed E-state index contributed by atoms with van der Waals surface area (Å²) >= 11 is 0. The highest BCUT2D eigenvalue weighted by Crippen LogP contribution is 2.51. The minimum atomic E-state index is -0.648. The van der Waals surface area contributed by atoms with Crippen LogP contribution in [0.15, 0.2) is 24.3 Å². The molecule has 28 heavy (non-hydrogen) atoms. The zero-order chi connectivity index (χ0) is 20.2. The molecule has 0 amide bonds. The van der Waals surface area contributed by atoms with Crippen molar-refractivity contribution >= 4 is 23.9 Å². The van der Waals surface area contributed by atoms with Gasteiger partial charge in [-0.3, -0.25) is 0 Å². The molecule has 0 N–H and O–H groups in total. The Labute approximate surface area is 160 Å². The normalized spacial score (nSPS) is 20.1. The van der Waals surface area contributed by atoms with E-state index in [2.05, 4.69) is 0 Å². The Kier molecular flexibility index (Phi) is 2.87. The molecule has 1 aliphatic carbocycles. The van der Waals surface area contributed by atoms with Crippen molar-refractivity contribution in [2.45, 2.75) is 38.5 Å². The second-order valence-corrected chi connectivity index (χ2v) is 8.49. The molecule has 3 aliphatic rings. The van der Waals surface area contributed by atoms with Crippen molar-refractivity contribution in [3.8, 4) is 0 Å². The van der Waals surface area contributed by atoms with Crippen molar-refractivity contribution in [3.63, 3.8) is 0 Å². The molecule has 0 aromatic heterocycles. The Hall–Kier alpha value is -3.28. The van der Waals surface area contributed by atoms with E-state index in [1.54, 1.807) is 24.3 Å². The summed E-state index contributed by atoms with van der Waals surface area (Å²) < 4.78 is 9.55. The summed E-state index contributed by atoms with van der Waals surface area (Å²) in [5.41, 5.74) is 3.42. The maximum Gasteiger partial charge on any atom is 0.346 e. The van der Waals surface area contributed by atoms with Crippen molar-refractivity contribution in [1.29, 1.82) is 0 Å². The highest BCUT2D eigenvalue weighted by Gasteiger charge is 2.46. The van der Waals surface area contributed by atoms with Gasteiger partial charge in [-0.2, -0.15) is 0 Å². The SMILES string of the molecule is CC1(C)c2cc3c(cc2C(C)(C)c2cc4c(cc21)C(=O)OC4=O)C(=O)OC3=O. The lowest BCUT2D eigenvalue weighted by molar-refractivity contribution is 0.0425. The monoisotopic (exact) mass is 376 g/mol. The van der Waals surface area contributed by atoms with Crippen LogP contribution < -0.4 is 0 Å². The molecule has 2 aromatic carbocycles. The molecule has 0 bridgehead atoms. The molecule has 0 fully saturated rings. The van der Waals surface area contributed by atoms with Gasteiger partial charge in [0, 0.05) is 10.8 Å². The molecule has 2 aromatic rings. The molecule has 140 valence electrons. The molecule has 0 radical (unpaired) electrons. The van der Waals surface area contributed by atoms with Crippen LogP contribution in [-0.2, 0) is 20.3 Å². The summed E-state index contributed by atoms with van der Waals surface area (Å²) in [5, 5.41) is 0. The fourth-order valence-corrected chi connectivity index (χ4v) is 4.62. The molecule has 0 saturated heterocycles. The standard InChI is InChI=1S/C22H16O6/c1-21(2)13-5-9-11(19(25)27-17(9)23)7-15(13)22(3,4)16-8-12-10(6-14(16)21)18(24)28-20(12)26/h5-8H,1-4H3. The minimum Gasteiger partial charge on any atom is -0.386 e. The number of ether oxygens (including phenoxy) is 2. The van der Waals surface area contributed by atoms with Crippen LogP contribution >= 0.6 is 0 Å². The maximum absolute atomic E-state index is 12.1. The first-order valence-corrected chi connectivity index (χ1v) is 8.94. The molecule has 2 heterocycles. The van der Waals surface area contributed by atoms with Crippen LogP contribution in [0.4, 0.5) is 0 Å². The van der Waals surface area contributed by atoms with E-state index in [0.29, 0.717) is 0 Å². The zero-order valence-corrected chi connectivity index (χ0v) is 15.8. The van der Waals surface area contributed by atoms with Crippen molar-refractivity contribution in [2.24, 2.45) is 0 Å². The predicted octanol–water partition coefficient (Wildman–Crippen LogP) is 3.27. The number of hydrogen-bond acceptors (Lipinski definition) is 6. The number of rotatable bonds is 0. The lowest BCUT2D eigenvalue weighted by atomic mass is 9.59. The summed E-state index contributed by atoms with van der Waals surface area (Å²) in [6.45, 7) is 7.96. The Balaban J connectivity index is 1.86. The summed E-state index contributed by atoms with van der Waals surface area (Å²) in [4.78, 5) is 48.3. The molecule has 2 aliphatic heterocycles. The predicted molar refractivity (Wildman–Crippen MR) is 96.6 cm³/mol. The van der Waals surface area contributed by atoms with Crippen molar-refractivity contribution in [1.82, 2.24) is 0 Å². The Morgan fingerprint density at radius 3 is 0.929 bits per heavy atom. The molecule has 0 spiro atoms. The number of carbonyl (C=O) groups excluding carboxylic acids is 4. The first kappa shape index (κ1) is 16.9. The molecule has 0 unspecified atom stereocenters. The highest BCUT2D eigenvalue weighted by atomic mass is 16.6. The number of esters is 4. The van der Waals surface area contributed by atoms with Gasteiger partial charge in [0.05, 0.1) is 22.3 Å². The van der Waals surface area contributed by atoms with E-state index >= 15 is 0 Å². The van der Waals surface area contributed by atoms with Gasteiger partial charge < -0.3 is 9.47 Å². The van der Waals surface area contributed by atoms with Gasteiger partial charge in [-0.25, -0.2) is 19.2 Å². The molecular formula is C22H16O6. The Morgan fingerprint density at radius 1 is 0.500 bits per heavy atom.